The Kier molecular flexibility index (Phi) is 7.87. The van der Waals surface area contributed by atoms with Crippen LogP contribution in [0.3, 0.4) is 0 Å². The molecule has 5 atom stereocenters. The number of carbonyl (C=O) groups is 3. The molecule has 4 rings (SSSR count). The fourth-order valence-electron chi connectivity index (χ4n) is 5.38. The Morgan fingerprint density at radius 3 is 2.47 bits per heavy atom. The third kappa shape index (κ3) is 5.65. The van der Waals surface area contributed by atoms with Crippen molar-refractivity contribution in [1.29, 1.82) is 5.26 Å². The van der Waals surface area contributed by atoms with Gasteiger partial charge in [0, 0.05) is 38.8 Å². The van der Waals surface area contributed by atoms with Gasteiger partial charge in [-0.1, -0.05) is 0 Å². The number of likely N-dealkylation sites (tertiary alicyclic amines) is 2. The smallest absolute Gasteiger partial charge is 0.311 e. The monoisotopic (exact) mass is 507 g/mol. The molecule has 0 aliphatic carbocycles. The van der Waals surface area contributed by atoms with Crippen LogP contribution in [0.2, 0.25) is 0 Å². The fraction of sp³-hybridized carbons (Fsp3) is 0.833. The zero-order valence-corrected chi connectivity index (χ0v) is 21.5. The second-order valence-electron chi connectivity index (χ2n) is 10.6. The molecule has 0 aromatic heterocycles. The van der Waals surface area contributed by atoms with E-state index in [-0.39, 0.29) is 30.6 Å². The third-order valence-electron chi connectivity index (χ3n) is 7.54. The molecule has 0 aromatic rings. The van der Waals surface area contributed by atoms with Gasteiger partial charge in [0.2, 0.25) is 5.91 Å². The predicted molar refractivity (Wildman–Crippen MR) is 125 cm³/mol. The molecule has 0 aromatic carbocycles. The van der Waals surface area contributed by atoms with E-state index in [1.54, 1.807) is 4.90 Å². The van der Waals surface area contributed by atoms with Crippen molar-refractivity contribution in [2.75, 3.05) is 39.8 Å². The van der Waals surface area contributed by atoms with Crippen LogP contribution in [0.4, 0.5) is 0 Å². The Labute approximate surface area is 211 Å². The Hall–Kier alpha value is -2.30. The molecule has 2 N–H and O–H groups in total. The molecule has 36 heavy (non-hydrogen) atoms. The fourth-order valence-corrected chi connectivity index (χ4v) is 5.38. The van der Waals surface area contributed by atoms with Gasteiger partial charge in [0.25, 0.3) is 0 Å². The van der Waals surface area contributed by atoms with E-state index in [2.05, 4.69) is 16.7 Å². The van der Waals surface area contributed by atoms with E-state index < -0.39 is 42.2 Å². The minimum atomic E-state index is -0.779. The van der Waals surface area contributed by atoms with Crippen LogP contribution in [0, 0.1) is 11.3 Å². The van der Waals surface area contributed by atoms with Gasteiger partial charge in [0.15, 0.2) is 12.1 Å². The van der Waals surface area contributed by atoms with Gasteiger partial charge >= 0.3 is 11.8 Å². The number of piperidine rings is 1. The maximum absolute atomic E-state index is 12.8. The maximum atomic E-state index is 12.8. The molecule has 4 aliphatic rings. The predicted octanol–water partition coefficient (Wildman–Crippen LogP) is -0.521. The highest BCUT2D eigenvalue weighted by atomic mass is 16.8. The summed E-state index contributed by atoms with van der Waals surface area (Å²) in [6.45, 7) is 7.29. The molecule has 0 bridgehead atoms. The first-order valence-electron chi connectivity index (χ1n) is 12.6. The zero-order valence-electron chi connectivity index (χ0n) is 21.5. The Bertz CT molecular complexity index is 898. The standard InChI is InChI=1S/C24H37N5O7/c1-23(2)35-18-16(34-22(33-4)19(18)36-23)13-26-20(31)21(32)28-10-7-24(3,8-11-28)27-14-17(30)29-9-5-6-15(29)12-25/h15-16,18-19,22,27H,5-11,13-14H2,1-4H3,(H,26,31)/t15-,16-,18+,19+,22?/m0/s1. The lowest BCUT2D eigenvalue weighted by Gasteiger charge is -2.40. The lowest BCUT2D eigenvalue weighted by atomic mass is 9.89. The second-order valence-corrected chi connectivity index (χ2v) is 10.6. The van der Waals surface area contributed by atoms with Gasteiger partial charge in [0.1, 0.15) is 24.4 Å². The minimum absolute atomic E-state index is 0.0785. The Morgan fingerprint density at radius 1 is 1.11 bits per heavy atom. The summed E-state index contributed by atoms with van der Waals surface area (Å²) < 4.78 is 22.9. The van der Waals surface area contributed by atoms with Crippen LogP contribution >= 0.6 is 0 Å². The number of rotatable bonds is 6. The number of carbonyl (C=O) groups excluding carboxylic acids is 3. The maximum Gasteiger partial charge on any atom is 0.311 e. The highest BCUT2D eigenvalue weighted by molar-refractivity contribution is 6.35. The van der Waals surface area contributed by atoms with Crippen molar-refractivity contribution in [2.24, 2.45) is 0 Å². The van der Waals surface area contributed by atoms with Crippen molar-refractivity contribution in [3.05, 3.63) is 0 Å². The average Bonchev–Trinajstić information content (AvgIpc) is 3.54. The number of amides is 3. The molecule has 0 saturated carbocycles. The van der Waals surface area contributed by atoms with Crippen molar-refractivity contribution in [1.82, 2.24) is 20.4 Å². The molecule has 0 spiro atoms. The van der Waals surface area contributed by atoms with Gasteiger partial charge in [0.05, 0.1) is 12.6 Å². The number of fused-ring (bicyclic) bond motifs is 1. The molecule has 0 radical (unpaired) electrons. The van der Waals surface area contributed by atoms with E-state index >= 15 is 0 Å². The number of nitriles is 1. The quantitative estimate of drug-likeness (QED) is 0.454. The zero-order chi connectivity index (χ0) is 26.1. The van der Waals surface area contributed by atoms with Crippen molar-refractivity contribution in [2.45, 2.75) is 88.4 Å². The van der Waals surface area contributed by atoms with Crippen LogP contribution in [0.15, 0.2) is 0 Å². The summed E-state index contributed by atoms with van der Waals surface area (Å²) in [4.78, 5) is 41.1. The average molecular weight is 508 g/mol. The summed E-state index contributed by atoms with van der Waals surface area (Å²) in [6.07, 6.45) is 0.856. The van der Waals surface area contributed by atoms with Crippen molar-refractivity contribution in [3.8, 4) is 6.07 Å². The van der Waals surface area contributed by atoms with Crippen LogP contribution < -0.4 is 10.6 Å². The third-order valence-corrected chi connectivity index (χ3v) is 7.54. The number of ether oxygens (including phenoxy) is 4. The molecule has 3 amide bonds. The molecule has 4 saturated heterocycles. The molecule has 12 heteroatoms. The lowest BCUT2D eigenvalue weighted by Crippen LogP contribution is -2.57. The summed E-state index contributed by atoms with van der Waals surface area (Å²) in [5.41, 5.74) is -0.334. The largest absolute Gasteiger partial charge is 0.353 e. The first kappa shape index (κ1) is 26.8. The van der Waals surface area contributed by atoms with Crippen LogP contribution in [-0.4, -0.2) is 109 Å². The van der Waals surface area contributed by atoms with Crippen LogP contribution in [0.25, 0.3) is 0 Å². The number of nitrogens with zero attached hydrogens (tertiary/aromatic N) is 3. The van der Waals surface area contributed by atoms with E-state index in [0.29, 0.717) is 32.5 Å². The molecule has 200 valence electrons. The number of nitrogens with one attached hydrogen (secondary N) is 2. The molecule has 1 unspecified atom stereocenters. The van der Waals surface area contributed by atoms with E-state index in [1.165, 1.54) is 12.0 Å². The molecule has 4 aliphatic heterocycles. The van der Waals surface area contributed by atoms with Crippen LogP contribution in [0.1, 0.15) is 46.5 Å². The van der Waals surface area contributed by atoms with Gasteiger partial charge in [-0.05, 0) is 46.5 Å². The van der Waals surface area contributed by atoms with E-state index in [0.717, 1.165) is 12.8 Å². The normalized spacial score (nSPS) is 32.7. The number of methoxy groups -OCH3 is 1. The van der Waals surface area contributed by atoms with Crippen molar-refractivity contribution in [3.63, 3.8) is 0 Å². The molecular weight excluding hydrogens is 470 g/mol. The number of hydrogen-bond donors (Lipinski definition) is 2. The van der Waals surface area contributed by atoms with Crippen molar-refractivity contribution >= 4 is 17.7 Å². The topological polar surface area (TPSA) is 142 Å². The van der Waals surface area contributed by atoms with E-state index in [4.69, 9.17) is 18.9 Å². The van der Waals surface area contributed by atoms with Crippen molar-refractivity contribution < 1.29 is 33.3 Å². The SMILES string of the molecule is COC1O[C@@H](CNC(=O)C(=O)N2CCC(C)(NCC(=O)N3CCC[C@H]3C#N)CC2)[C@H]2OC(C)(C)O[C@@H]12. The lowest BCUT2D eigenvalue weighted by molar-refractivity contribution is -0.226. The molecule has 4 heterocycles. The number of hydrogen-bond acceptors (Lipinski definition) is 9. The summed E-state index contributed by atoms with van der Waals surface area (Å²) >= 11 is 0. The minimum Gasteiger partial charge on any atom is -0.353 e. The van der Waals surface area contributed by atoms with Gasteiger partial charge in [-0.15, -0.1) is 0 Å². The molecule has 12 nitrogen and oxygen atoms in total. The second kappa shape index (κ2) is 10.6. The van der Waals surface area contributed by atoms with E-state index in [9.17, 15) is 19.6 Å². The Morgan fingerprint density at radius 2 is 1.81 bits per heavy atom. The van der Waals surface area contributed by atoms with Crippen LogP contribution in [0.5, 0.6) is 0 Å². The van der Waals surface area contributed by atoms with E-state index in [1.807, 2.05) is 20.8 Å². The van der Waals surface area contributed by atoms with Gasteiger partial charge in [-0.2, -0.15) is 5.26 Å². The first-order valence-corrected chi connectivity index (χ1v) is 12.6. The van der Waals surface area contributed by atoms with Gasteiger partial charge in [-0.3, -0.25) is 14.4 Å². The summed E-state index contributed by atoms with van der Waals surface area (Å²) in [6, 6.07) is 1.84. The highest BCUT2D eigenvalue weighted by Gasteiger charge is 2.55. The summed E-state index contributed by atoms with van der Waals surface area (Å²) in [5, 5.41) is 15.2. The Balaban J connectivity index is 1.21. The summed E-state index contributed by atoms with van der Waals surface area (Å²) in [5.74, 6) is -2.15. The van der Waals surface area contributed by atoms with Crippen LogP contribution in [-0.2, 0) is 33.3 Å². The van der Waals surface area contributed by atoms with Gasteiger partial charge < -0.3 is 39.4 Å². The highest BCUT2D eigenvalue weighted by Crippen LogP contribution is 2.38. The van der Waals surface area contributed by atoms with Gasteiger partial charge in [-0.25, -0.2) is 0 Å². The molecular formula is C24H37N5O7. The summed E-state index contributed by atoms with van der Waals surface area (Å²) in [7, 11) is 1.52. The molecule has 4 fully saturated rings. The first-order chi connectivity index (χ1) is 17.1.